The van der Waals surface area contributed by atoms with Crippen molar-refractivity contribution < 1.29 is 4.79 Å². The molecule has 6 nitrogen and oxygen atoms in total. The molecular weight excluding hydrogens is 386 g/mol. The predicted octanol–water partition coefficient (Wildman–Crippen LogP) is 4.16. The summed E-state index contributed by atoms with van der Waals surface area (Å²) in [4.78, 5) is 24.2. The van der Waals surface area contributed by atoms with Crippen molar-refractivity contribution in [3.8, 4) is 17.1 Å². The van der Waals surface area contributed by atoms with Gasteiger partial charge < -0.3 is 10.2 Å². The van der Waals surface area contributed by atoms with Gasteiger partial charge in [-0.15, -0.1) is 0 Å². The molecule has 0 spiro atoms. The van der Waals surface area contributed by atoms with Gasteiger partial charge in [0.25, 0.3) is 5.91 Å². The molecule has 0 saturated heterocycles. The third-order valence-corrected chi connectivity index (χ3v) is 5.44. The van der Waals surface area contributed by atoms with E-state index in [-0.39, 0.29) is 5.91 Å². The number of pyridine rings is 1. The summed E-state index contributed by atoms with van der Waals surface area (Å²) < 4.78 is 2.03. The van der Waals surface area contributed by atoms with Crippen LogP contribution in [-0.4, -0.2) is 51.5 Å². The molecular formula is C25H27N5O. The monoisotopic (exact) mass is 413 g/mol. The van der Waals surface area contributed by atoms with Gasteiger partial charge in [0.15, 0.2) is 5.65 Å². The van der Waals surface area contributed by atoms with Gasteiger partial charge in [-0.2, -0.15) is 0 Å². The van der Waals surface area contributed by atoms with E-state index in [1.54, 1.807) is 6.20 Å². The Balaban J connectivity index is 1.60. The van der Waals surface area contributed by atoms with Crippen LogP contribution >= 0.6 is 0 Å². The van der Waals surface area contributed by atoms with Crippen LogP contribution < -0.4 is 5.32 Å². The molecule has 31 heavy (non-hydrogen) atoms. The van der Waals surface area contributed by atoms with E-state index in [2.05, 4.69) is 29.0 Å². The van der Waals surface area contributed by atoms with E-state index in [4.69, 9.17) is 4.98 Å². The first kappa shape index (κ1) is 20.8. The standard InChI is InChI=1S/C25H27N5O/c1-3-29(4-2)18-17-27-25(31)20-12-14-21(15-13-20)30-23(19-9-6-5-7-10-19)28-22-11-8-16-26-24(22)30/h5-16H,3-4,17-18H2,1-2H3,(H,27,31). The molecule has 1 amide bonds. The summed E-state index contributed by atoms with van der Waals surface area (Å²) in [5.41, 5.74) is 4.19. The lowest BCUT2D eigenvalue weighted by Gasteiger charge is -2.18. The number of nitrogens with one attached hydrogen (secondary N) is 1. The van der Waals surface area contributed by atoms with Gasteiger partial charge in [-0.05, 0) is 49.5 Å². The van der Waals surface area contributed by atoms with Crippen LogP contribution in [0, 0.1) is 0 Å². The van der Waals surface area contributed by atoms with Crippen molar-refractivity contribution in [1.82, 2.24) is 24.8 Å². The molecule has 4 rings (SSSR count). The minimum absolute atomic E-state index is 0.0596. The molecule has 0 radical (unpaired) electrons. The van der Waals surface area contributed by atoms with Crippen molar-refractivity contribution in [1.29, 1.82) is 0 Å². The van der Waals surface area contributed by atoms with E-state index in [9.17, 15) is 4.79 Å². The maximum atomic E-state index is 12.5. The number of fused-ring (bicyclic) bond motifs is 1. The quantitative estimate of drug-likeness (QED) is 0.471. The summed E-state index contributed by atoms with van der Waals surface area (Å²) in [7, 11) is 0. The van der Waals surface area contributed by atoms with Crippen LogP contribution in [0.1, 0.15) is 24.2 Å². The molecule has 0 bridgehead atoms. The SMILES string of the molecule is CCN(CC)CCNC(=O)c1ccc(-n2c(-c3ccccc3)nc3cccnc32)cc1. The molecule has 2 aromatic carbocycles. The Morgan fingerprint density at radius 3 is 2.42 bits per heavy atom. The topological polar surface area (TPSA) is 63.1 Å². The molecule has 0 saturated carbocycles. The smallest absolute Gasteiger partial charge is 0.251 e. The summed E-state index contributed by atoms with van der Waals surface area (Å²) >= 11 is 0. The van der Waals surface area contributed by atoms with E-state index >= 15 is 0 Å². The summed E-state index contributed by atoms with van der Waals surface area (Å²) in [6, 6.07) is 21.5. The highest BCUT2D eigenvalue weighted by molar-refractivity contribution is 5.94. The van der Waals surface area contributed by atoms with Crippen molar-refractivity contribution in [2.45, 2.75) is 13.8 Å². The van der Waals surface area contributed by atoms with Gasteiger partial charge in [0, 0.05) is 36.1 Å². The first-order valence-electron chi connectivity index (χ1n) is 10.7. The molecule has 4 aromatic rings. The van der Waals surface area contributed by atoms with E-state index < -0.39 is 0 Å². The number of nitrogens with zero attached hydrogens (tertiary/aromatic N) is 4. The highest BCUT2D eigenvalue weighted by atomic mass is 16.1. The average molecular weight is 414 g/mol. The van der Waals surface area contributed by atoms with Crippen molar-refractivity contribution in [3.05, 3.63) is 78.5 Å². The number of amides is 1. The van der Waals surface area contributed by atoms with E-state index in [1.165, 1.54) is 0 Å². The number of hydrogen-bond acceptors (Lipinski definition) is 4. The van der Waals surface area contributed by atoms with Crippen LogP contribution in [0.2, 0.25) is 0 Å². The lowest BCUT2D eigenvalue weighted by atomic mass is 10.1. The molecule has 0 aliphatic heterocycles. The van der Waals surface area contributed by atoms with Crippen LogP contribution in [0.15, 0.2) is 72.9 Å². The van der Waals surface area contributed by atoms with Crippen LogP contribution in [0.25, 0.3) is 28.2 Å². The Bertz CT molecular complexity index is 1150. The molecule has 0 aliphatic rings. The second-order valence-electron chi connectivity index (χ2n) is 7.31. The van der Waals surface area contributed by atoms with Gasteiger partial charge in [0.1, 0.15) is 11.3 Å². The maximum Gasteiger partial charge on any atom is 0.251 e. The number of hydrogen-bond donors (Lipinski definition) is 1. The van der Waals surface area contributed by atoms with Gasteiger partial charge in [-0.3, -0.25) is 9.36 Å². The highest BCUT2D eigenvalue weighted by Gasteiger charge is 2.15. The van der Waals surface area contributed by atoms with Crippen molar-refractivity contribution in [2.75, 3.05) is 26.2 Å². The van der Waals surface area contributed by atoms with Crippen molar-refractivity contribution in [2.24, 2.45) is 0 Å². The second-order valence-corrected chi connectivity index (χ2v) is 7.31. The Labute approximate surface area is 182 Å². The average Bonchev–Trinajstić information content (AvgIpc) is 3.22. The van der Waals surface area contributed by atoms with E-state index in [1.807, 2.05) is 71.3 Å². The molecule has 0 unspecified atom stereocenters. The Hall–Kier alpha value is -3.51. The number of aromatic nitrogens is 3. The fourth-order valence-electron chi connectivity index (χ4n) is 3.67. The van der Waals surface area contributed by atoms with Crippen molar-refractivity contribution >= 4 is 17.1 Å². The molecule has 0 fully saturated rings. The number of carbonyl (C=O) groups excluding carboxylic acids is 1. The summed E-state index contributed by atoms with van der Waals surface area (Å²) in [6.07, 6.45) is 1.77. The number of imidazole rings is 1. The van der Waals surface area contributed by atoms with Gasteiger partial charge in [0.2, 0.25) is 0 Å². The van der Waals surface area contributed by atoms with Crippen LogP contribution in [-0.2, 0) is 0 Å². The maximum absolute atomic E-state index is 12.5. The van der Waals surface area contributed by atoms with Gasteiger partial charge >= 0.3 is 0 Å². The Kier molecular flexibility index (Phi) is 6.38. The zero-order valence-electron chi connectivity index (χ0n) is 18.0. The fourth-order valence-corrected chi connectivity index (χ4v) is 3.67. The minimum Gasteiger partial charge on any atom is -0.351 e. The van der Waals surface area contributed by atoms with Crippen molar-refractivity contribution in [3.63, 3.8) is 0 Å². The zero-order chi connectivity index (χ0) is 21.6. The van der Waals surface area contributed by atoms with Gasteiger partial charge in [-0.1, -0.05) is 44.2 Å². The lowest BCUT2D eigenvalue weighted by molar-refractivity contribution is 0.0949. The fraction of sp³-hybridized carbons (Fsp3) is 0.240. The summed E-state index contributed by atoms with van der Waals surface area (Å²) in [5.74, 6) is 0.765. The van der Waals surface area contributed by atoms with Gasteiger partial charge in [0.05, 0.1) is 0 Å². The van der Waals surface area contributed by atoms with Gasteiger partial charge in [-0.25, -0.2) is 9.97 Å². The lowest BCUT2D eigenvalue weighted by Crippen LogP contribution is -2.34. The number of likely N-dealkylation sites (N-methyl/N-ethyl adjacent to an activating group) is 1. The molecule has 0 aliphatic carbocycles. The second kappa shape index (κ2) is 9.53. The molecule has 158 valence electrons. The van der Waals surface area contributed by atoms with Crippen LogP contribution in [0.5, 0.6) is 0 Å². The van der Waals surface area contributed by atoms with E-state index in [0.29, 0.717) is 12.1 Å². The number of benzene rings is 2. The minimum atomic E-state index is -0.0596. The predicted molar refractivity (Wildman–Crippen MR) is 124 cm³/mol. The Morgan fingerprint density at radius 1 is 0.968 bits per heavy atom. The normalized spacial score (nSPS) is 11.2. The molecule has 2 aromatic heterocycles. The molecule has 2 heterocycles. The Morgan fingerprint density at radius 2 is 1.71 bits per heavy atom. The van der Waals surface area contributed by atoms with E-state index in [0.717, 1.165) is 47.9 Å². The molecule has 6 heteroatoms. The third-order valence-electron chi connectivity index (χ3n) is 5.44. The highest BCUT2D eigenvalue weighted by Crippen LogP contribution is 2.27. The first-order chi connectivity index (χ1) is 15.2. The summed E-state index contributed by atoms with van der Waals surface area (Å²) in [5, 5.41) is 3.01. The summed E-state index contributed by atoms with van der Waals surface area (Å²) in [6.45, 7) is 7.71. The number of rotatable bonds is 8. The zero-order valence-corrected chi connectivity index (χ0v) is 18.0. The first-order valence-corrected chi connectivity index (χ1v) is 10.7. The third kappa shape index (κ3) is 4.49. The largest absolute Gasteiger partial charge is 0.351 e. The van der Waals surface area contributed by atoms with Crippen LogP contribution in [0.4, 0.5) is 0 Å². The number of carbonyl (C=O) groups is 1. The molecule has 1 N–H and O–H groups in total. The van der Waals surface area contributed by atoms with Crippen LogP contribution in [0.3, 0.4) is 0 Å². The molecule has 0 atom stereocenters.